The van der Waals surface area contributed by atoms with Crippen molar-refractivity contribution in [2.45, 2.75) is 13.8 Å². The number of hydrogen-bond acceptors (Lipinski definition) is 5. The number of hydrogen-bond donors (Lipinski definition) is 3. The molecule has 0 saturated carbocycles. The fourth-order valence-corrected chi connectivity index (χ4v) is 4.11. The number of amides is 3. The van der Waals surface area contributed by atoms with E-state index in [0.717, 1.165) is 21.3 Å². The Bertz CT molecular complexity index is 1310. The van der Waals surface area contributed by atoms with Crippen LogP contribution in [0.5, 0.6) is 5.75 Å². The number of ether oxygens (including phenoxy) is 1. The van der Waals surface area contributed by atoms with E-state index in [-0.39, 0.29) is 28.2 Å². The summed E-state index contributed by atoms with van der Waals surface area (Å²) in [7, 11) is 0. The van der Waals surface area contributed by atoms with Gasteiger partial charge in [-0.15, -0.1) is 0 Å². The first-order valence-corrected chi connectivity index (χ1v) is 12.1. The second kappa shape index (κ2) is 12.5. The highest BCUT2D eigenvalue weighted by molar-refractivity contribution is 9.10. The molecule has 11 heteroatoms. The Hall–Kier alpha value is -3.40. The van der Waals surface area contributed by atoms with Gasteiger partial charge in [-0.05, 0) is 79.1 Å². The summed E-state index contributed by atoms with van der Waals surface area (Å²) < 4.78 is 6.48. The smallest absolute Gasteiger partial charge is 0.329 e. The average molecular weight is 592 g/mol. The van der Waals surface area contributed by atoms with Crippen molar-refractivity contribution in [1.82, 2.24) is 5.43 Å². The van der Waals surface area contributed by atoms with Crippen LogP contribution in [-0.4, -0.2) is 30.5 Å². The van der Waals surface area contributed by atoms with Crippen molar-refractivity contribution in [3.8, 4) is 5.75 Å². The van der Waals surface area contributed by atoms with Gasteiger partial charge in [-0.2, -0.15) is 5.10 Å². The monoisotopic (exact) mass is 590 g/mol. The third kappa shape index (κ3) is 7.55. The van der Waals surface area contributed by atoms with Gasteiger partial charge in [0, 0.05) is 10.2 Å². The Morgan fingerprint density at radius 1 is 0.972 bits per heavy atom. The number of nitrogens with zero attached hydrogens (tertiary/aromatic N) is 1. The van der Waals surface area contributed by atoms with Crippen LogP contribution in [0.1, 0.15) is 16.7 Å². The summed E-state index contributed by atoms with van der Waals surface area (Å²) in [6, 6.07) is 15.2. The Morgan fingerprint density at radius 2 is 1.64 bits per heavy atom. The minimum Gasteiger partial charge on any atom is -0.484 e. The van der Waals surface area contributed by atoms with Crippen molar-refractivity contribution in [3.63, 3.8) is 0 Å². The molecule has 36 heavy (non-hydrogen) atoms. The topological polar surface area (TPSA) is 109 Å². The molecule has 0 fully saturated rings. The van der Waals surface area contributed by atoms with E-state index in [4.69, 9.17) is 27.9 Å². The third-order valence-electron chi connectivity index (χ3n) is 4.80. The van der Waals surface area contributed by atoms with E-state index in [2.05, 4.69) is 37.1 Å². The van der Waals surface area contributed by atoms with Crippen molar-refractivity contribution in [2.24, 2.45) is 5.10 Å². The highest BCUT2D eigenvalue weighted by Crippen LogP contribution is 2.29. The number of carbonyl (C=O) groups excluding carboxylic acids is 3. The van der Waals surface area contributed by atoms with E-state index in [1.165, 1.54) is 12.3 Å². The maximum atomic E-state index is 12.3. The molecule has 0 atom stereocenters. The first-order chi connectivity index (χ1) is 17.1. The molecule has 3 aromatic rings. The normalized spacial score (nSPS) is 10.7. The van der Waals surface area contributed by atoms with Gasteiger partial charge in [-0.25, -0.2) is 5.43 Å². The molecule has 3 N–H and O–H groups in total. The number of anilines is 2. The molecule has 0 heterocycles. The van der Waals surface area contributed by atoms with Crippen LogP contribution in [0.4, 0.5) is 11.4 Å². The number of carbonyl (C=O) groups is 3. The fourth-order valence-electron chi connectivity index (χ4n) is 3.08. The molecule has 0 bridgehead atoms. The maximum Gasteiger partial charge on any atom is 0.329 e. The molecule has 8 nitrogen and oxygen atoms in total. The lowest BCUT2D eigenvalue weighted by molar-refractivity contribution is -0.136. The zero-order valence-electron chi connectivity index (χ0n) is 19.2. The highest BCUT2D eigenvalue weighted by Gasteiger charge is 2.15. The molecule has 0 radical (unpaired) electrons. The van der Waals surface area contributed by atoms with Gasteiger partial charge in [0.25, 0.3) is 5.91 Å². The average Bonchev–Trinajstić information content (AvgIpc) is 2.83. The van der Waals surface area contributed by atoms with E-state index in [9.17, 15) is 14.4 Å². The summed E-state index contributed by atoms with van der Waals surface area (Å²) >= 11 is 15.3. The minimum absolute atomic E-state index is 0.127. The maximum absolute atomic E-state index is 12.3. The van der Waals surface area contributed by atoms with Gasteiger partial charge in [0.2, 0.25) is 0 Å². The van der Waals surface area contributed by atoms with Crippen LogP contribution in [0, 0.1) is 13.8 Å². The standard InChI is InChI=1S/C25H21BrCl2N4O4/c1-14-10-17(26)11-15(2)23(14)31-21(33)13-36-18-8-6-16(7-9-18)12-29-32-25(35)24(34)30-20-5-3-4-19(27)22(20)28/h3-12H,13H2,1-2H3,(H,30,34)(H,31,33)(H,32,35)/b29-12-. The van der Waals surface area contributed by atoms with Crippen molar-refractivity contribution < 1.29 is 19.1 Å². The lowest BCUT2D eigenvalue weighted by Crippen LogP contribution is -2.32. The molecule has 0 aliphatic rings. The number of benzene rings is 3. The molecule has 0 saturated heterocycles. The number of rotatable bonds is 7. The molecule has 0 aliphatic carbocycles. The molecule has 3 aromatic carbocycles. The largest absolute Gasteiger partial charge is 0.484 e. The van der Waals surface area contributed by atoms with Gasteiger partial charge in [-0.1, -0.05) is 45.2 Å². The van der Waals surface area contributed by atoms with E-state index in [1.807, 2.05) is 26.0 Å². The number of hydrazone groups is 1. The summed E-state index contributed by atoms with van der Waals surface area (Å²) in [5, 5.41) is 9.36. The van der Waals surface area contributed by atoms with Crippen LogP contribution < -0.4 is 20.8 Å². The first-order valence-electron chi connectivity index (χ1n) is 10.5. The van der Waals surface area contributed by atoms with Crippen LogP contribution in [0.3, 0.4) is 0 Å². The molecular formula is C25H21BrCl2N4O4. The summed E-state index contributed by atoms with van der Waals surface area (Å²) in [6.07, 6.45) is 1.35. The third-order valence-corrected chi connectivity index (χ3v) is 6.07. The Morgan fingerprint density at radius 3 is 2.31 bits per heavy atom. The van der Waals surface area contributed by atoms with Crippen molar-refractivity contribution in [2.75, 3.05) is 17.2 Å². The number of aryl methyl sites for hydroxylation is 2. The van der Waals surface area contributed by atoms with Crippen LogP contribution in [0.2, 0.25) is 10.0 Å². The van der Waals surface area contributed by atoms with E-state index in [0.29, 0.717) is 11.3 Å². The summed E-state index contributed by atoms with van der Waals surface area (Å²) in [5.74, 6) is -1.74. The van der Waals surface area contributed by atoms with E-state index >= 15 is 0 Å². The van der Waals surface area contributed by atoms with E-state index in [1.54, 1.807) is 36.4 Å². The SMILES string of the molecule is Cc1cc(Br)cc(C)c1NC(=O)COc1ccc(/C=N\NC(=O)C(=O)Nc2cccc(Cl)c2Cl)cc1. The van der Waals surface area contributed by atoms with Crippen LogP contribution in [0.25, 0.3) is 0 Å². The lowest BCUT2D eigenvalue weighted by atomic mass is 10.1. The molecule has 0 unspecified atom stereocenters. The van der Waals surface area contributed by atoms with Crippen LogP contribution >= 0.6 is 39.1 Å². The summed E-state index contributed by atoms with van der Waals surface area (Å²) in [6.45, 7) is 3.67. The molecule has 186 valence electrons. The zero-order valence-corrected chi connectivity index (χ0v) is 22.3. The second-order valence-electron chi connectivity index (χ2n) is 7.58. The number of nitrogens with one attached hydrogen (secondary N) is 3. The Kier molecular flexibility index (Phi) is 9.46. The molecular weight excluding hydrogens is 571 g/mol. The Labute approximate surface area is 226 Å². The minimum atomic E-state index is -0.982. The highest BCUT2D eigenvalue weighted by atomic mass is 79.9. The molecule has 0 spiro atoms. The predicted octanol–water partition coefficient (Wildman–Crippen LogP) is 5.48. The van der Waals surface area contributed by atoms with Gasteiger partial charge in [0.1, 0.15) is 5.75 Å². The molecule has 0 aliphatic heterocycles. The predicted molar refractivity (Wildman–Crippen MR) is 145 cm³/mol. The summed E-state index contributed by atoms with van der Waals surface area (Å²) in [5.41, 5.74) is 5.61. The second-order valence-corrected chi connectivity index (χ2v) is 9.28. The van der Waals surface area contributed by atoms with Gasteiger partial charge >= 0.3 is 11.8 Å². The first kappa shape index (κ1) is 27.2. The Balaban J connectivity index is 1.47. The van der Waals surface area contributed by atoms with Gasteiger partial charge in [0.15, 0.2) is 6.61 Å². The number of halogens is 3. The van der Waals surface area contributed by atoms with Gasteiger partial charge in [0.05, 0.1) is 21.9 Å². The van der Waals surface area contributed by atoms with Crippen LogP contribution in [0.15, 0.2) is 64.2 Å². The van der Waals surface area contributed by atoms with Gasteiger partial charge < -0.3 is 15.4 Å². The van der Waals surface area contributed by atoms with Crippen molar-refractivity contribution >= 4 is 74.4 Å². The van der Waals surface area contributed by atoms with Crippen LogP contribution in [-0.2, 0) is 14.4 Å². The molecule has 3 amide bonds. The summed E-state index contributed by atoms with van der Waals surface area (Å²) in [4.78, 5) is 36.3. The van der Waals surface area contributed by atoms with Gasteiger partial charge in [-0.3, -0.25) is 14.4 Å². The molecule has 0 aromatic heterocycles. The zero-order chi connectivity index (χ0) is 26.2. The lowest BCUT2D eigenvalue weighted by Gasteiger charge is -2.13. The fraction of sp³-hybridized carbons (Fsp3) is 0.120. The van der Waals surface area contributed by atoms with E-state index < -0.39 is 11.8 Å². The quantitative estimate of drug-likeness (QED) is 0.192. The molecule has 3 rings (SSSR count). The van der Waals surface area contributed by atoms with Crippen molar-refractivity contribution in [3.05, 3.63) is 85.8 Å². The van der Waals surface area contributed by atoms with Crippen molar-refractivity contribution in [1.29, 1.82) is 0 Å².